The van der Waals surface area contributed by atoms with Gasteiger partial charge in [0.25, 0.3) is 5.91 Å². The van der Waals surface area contributed by atoms with Crippen molar-refractivity contribution in [1.82, 2.24) is 9.88 Å². The largest absolute Gasteiger partial charge is 0.448 e. The Bertz CT molecular complexity index is 644. The summed E-state index contributed by atoms with van der Waals surface area (Å²) in [6.07, 6.45) is 3.25. The van der Waals surface area contributed by atoms with Crippen LogP contribution in [0.4, 0.5) is 0 Å². The fraction of sp³-hybridized carbons (Fsp3) is 0.562. The average molecular weight is 394 g/mol. The highest BCUT2D eigenvalue weighted by molar-refractivity contribution is 6.48. The highest BCUT2D eigenvalue weighted by atomic mass is 35.5. The molecule has 0 N–H and O–H groups in total. The molecule has 1 aliphatic heterocycles. The molecule has 1 fully saturated rings. The Morgan fingerprint density at radius 1 is 1.21 bits per heavy atom. The summed E-state index contributed by atoms with van der Waals surface area (Å²) >= 11 is 17.7. The number of carbonyl (C=O) groups is 2. The first-order chi connectivity index (χ1) is 11.2. The number of hydrogen-bond donors (Lipinski definition) is 0. The molecule has 0 unspecified atom stereocenters. The van der Waals surface area contributed by atoms with E-state index in [2.05, 4.69) is 4.98 Å². The van der Waals surface area contributed by atoms with Crippen molar-refractivity contribution in [3.8, 4) is 0 Å². The van der Waals surface area contributed by atoms with Gasteiger partial charge in [-0.15, -0.1) is 0 Å². The molecule has 0 bridgehead atoms. The van der Waals surface area contributed by atoms with E-state index in [0.29, 0.717) is 0 Å². The predicted octanol–water partition coefficient (Wildman–Crippen LogP) is 4.38. The van der Waals surface area contributed by atoms with E-state index in [1.807, 2.05) is 13.8 Å². The lowest BCUT2D eigenvalue weighted by atomic mass is 9.97. The quantitative estimate of drug-likeness (QED) is 0.715. The number of halogens is 3. The van der Waals surface area contributed by atoms with Gasteiger partial charge in [0, 0.05) is 18.3 Å². The summed E-state index contributed by atoms with van der Waals surface area (Å²) in [6, 6.07) is 0.239. The second-order valence-corrected chi connectivity index (χ2v) is 7.17. The zero-order valence-electron chi connectivity index (χ0n) is 13.7. The summed E-state index contributed by atoms with van der Waals surface area (Å²) in [5.74, 6) is -1.03. The Morgan fingerprint density at radius 3 is 2.38 bits per heavy atom. The average Bonchev–Trinajstić information content (AvgIpc) is 2.52. The lowest BCUT2D eigenvalue weighted by Crippen LogP contribution is -2.51. The van der Waals surface area contributed by atoms with Crippen LogP contribution in [0.5, 0.6) is 0 Å². The molecule has 1 aliphatic rings. The number of nitrogens with zero attached hydrogens (tertiary/aromatic N) is 2. The molecule has 24 heavy (non-hydrogen) atoms. The minimum atomic E-state index is -0.937. The second kappa shape index (κ2) is 7.89. The smallest absolute Gasteiger partial charge is 0.359 e. The molecule has 0 saturated carbocycles. The number of carbonyl (C=O) groups excluding carboxylic acids is 2. The van der Waals surface area contributed by atoms with Crippen molar-refractivity contribution in [3.63, 3.8) is 0 Å². The van der Waals surface area contributed by atoms with Crippen LogP contribution in [0.25, 0.3) is 0 Å². The first-order valence-electron chi connectivity index (χ1n) is 7.76. The minimum Gasteiger partial charge on any atom is -0.448 e. The third-order valence-electron chi connectivity index (χ3n) is 4.19. The molecule has 5 nitrogen and oxygen atoms in total. The van der Waals surface area contributed by atoms with E-state index in [1.165, 1.54) is 6.20 Å². The third-order valence-corrected chi connectivity index (χ3v) is 5.43. The molecular weight excluding hydrogens is 375 g/mol. The fourth-order valence-electron chi connectivity index (χ4n) is 2.92. The highest BCUT2D eigenvalue weighted by Crippen LogP contribution is 2.31. The zero-order valence-corrected chi connectivity index (χ0v) is 16.0. The molecule has 1 aromatic heterocycles. The number of likely N-dealkylation sites (tertiary alicyclic amines) is 1. The van der Waals surface area contributed by atoms with Crippen molar-refractivity contribution < 1.29 is 14.3 Å². The van der Waals surface area contributed by atoms with Crippen LogP contribution in [0.1, 0.15) is 50.5 Å². The maximum atomic E-state index is 12.6. The van der Waals surface area contributed by atoms with Crippen molar-refractivity contribution in [2.75, 3.05) is 0 Å². The van der Waals surface area contributed by atoms with Gasteiger partial charge in [-0.3, -0.25) is 4.79 Å². The predicted molar refractivity (Wildman–Crippen MR) is 93.8 cm³/mol. The number of ether oxygens (including phenoxy) is 1. The number of rotatable bonds is 3. The van der Waals surface area contributed by atoms with Crippen molar-refractivity contribution in [2.24, 2.45) is 0 Å². The highest BCUT2D eigenvalue weighted by Gasteiger charge is 2.33. The molecule has 0 aliphatic carbocycles. The Balaban J connectivity index is 2.11. The van der Waals surface area contributed by atoms with Gasteiger partial charge in [0.1, 0.15) is 0 Å². The number of hydrogen-bond acceptors (Lipinski definition) is 4. The summed E-state index contributed by atoms with van der Waals surface area (Å²) in [7, 11) is 0. The van der Waals surface area contributed by atoms with Crippen molar-refractivity contribution >= 4 is 46.7 Å². The lowest BCUT2D eigenvalue weighted by molar-refractivity contribution is -0.146. The molecule has 1 aromatic rings. The second-order valence-electron chi connectivity index (χ2n) is 6.00. The summed E-state index contributed by atoms with van der Waals surface area (Å²) in [5.41, 5.74) is -0.162. The topological polar surface area (TPSA) is 59.5 Å². The van der Waals surface area contributed by atoms with Crippen molar-refractivity contribution in [1.29, 1.82) is 0 Å². The van der Waals surface area contributed by atoms with Crippen LogP contribution in [0.3, 0.4) is 0 Å². The maximum absolute atomic E-state index is 12.6. The first kappa shape index (κ1) is 19.3. The monoisotopic (exact) mass is 392 g/mol. The lowest BCUT2D eigenvalue weighted by Gasteiger charge is -2.40. The molecule has 0 radical (unpaired) electrons. The Kier molecular flexibility index (Phi) is 6.34. The summed E-state index contributed by atoms with van der Waals surface area (Å²) in [4.78, 5) is 30.5. The fourth-order valence-corrected chi connectivity index (χ4v) is 3.48. The van der Waals surface area contributed by atoms with Crippen LogP contribution in [0.2, 0.25) is 15.1 Å². The van der Waals surface area contributed by atoms with E-state index in [-0.39, 0.29) is 38.8 Å². The molecule has 0 aromatic carbocycles. The molecule has 132 valence electrons. The van der Waals surface area contributed by atoms with Gasteiger partial charge in [-0.05, 0) is 40.0 Å². The van der Waals surface area contributed by atoms with Crippen LogP contribution in [-0.4, -0.2) is 39.9 Å². The van der Waals surface area contributed by atoms with Crippen molar-refractivity contribution in [3.05, 3.63) is 27.0 Å². The first-order valence-corrected chi connectivity index (χ1v) is 8.90. The van der Waals surface area contributed by atoms with Crippen LogP contribution in [0, 0.1) is 0 Å². The molecule has 8 heteroatoms. The van der Waals surface area contributed by atoms with E-state index >= 15 is 0 Å². The standard InChI is InChI=1S/C16H19Cl3N2O3/c1-8-5-4-6-9(2)21(8)15(22)10(3)24-16(23)14-13(19)12(18)11(17)7-20-14/h7-10H,4-6H2,1-3H3/t8-,9-,10+/m0/s1. The SMILES string of the molecule is C[C@@H](OC(=O)c1ncc(Cl)c(Cl)c1Cl)C(=O)N1[C@@H](C)CCC[C@@H]1C. The summed E-state index contributed by atoms with van der Waals surface area (Å²) in [6.45, 7) is 5.54. The molecule has 1 amide bonds. The van der Waals surface area contributed by atoms with Gasteiger partial charge in [-0.25, -0.2) is 9.78 Å². The number of amides is 1. The molecule has 2 heterocycles. The van der Waals surface area contributed by atoms with Gasteiger partial charge in [-0.2, -0.15) is 0 Å². The zero-order chi connectivity index (χ0) is 18.0. The third kappa shape index (κ3) is 3.95. The van der Waals surface area contributed by atoms with E-state index in [9.17, 15) is 9.59 Å². The van der Waals surface area contributed by atoms with E-state index < -0.39 is 12.1 Å². The Labute approximate surface area is 156 Å². The van der Waals surface area contributed by atoms with Crippen LogP contribution in [-0.2, 0) is 9.53 Å². The minimum absolute atomic E-state index is 0.0255. The van der Waals surface area contributed by atoms with Gasteiger partial charge in [0.05, 0.1) is 15.1 Å². The molecule has 0 spiro atoms. The Hall–Kier alpha value is -1.04. The van der Waals surface area contributed by atoms with Gasteiger partial charge >= 0.3 is 5.97 Å². The normalized spacial score (nSPS) is 22.2. The number of piperidine rings is 1. The number of aromatic nitrogens is 1. The Morgan fingerprint density at radius 2 is 1.79 bits per heavy atom. The molecule has 1 saturated heterocycles. The molecule has 2 rings (SSSR count). The number of pyridine rings is 1. The van der Waals surface area contributed by atoms with E-state index in [0.717, 1.165) is 19.3 Å². The molecular formula is C16H19Cl3N2O3. The van der Waals surface area contributed by atoms with E-state index in [1.54, 1.807) is 11.8 Å². The van der Waals surface area contributed by atoms with Gasteiger partial charge in [0.15, 0.2) is 11.8 Å². The van der Waals surface area contributed by atoms with Crippen LogP contribution >= 0.6 is 34.8 Å². The summed E-state index contributed by atoms with van der Waals surface area (Å²) in [5, 5.41) is 0.0735. The maximum Gasteiger partial charge on any atom is 0.359 e. The summed E-state index contributed by atoms with van der Waals surface area (Å²) < 4.78 is 5.24. The van der Waals surface area contributed by atoms with Gasteiger partial charge in [-0.1, -0.05) is 34.8 Å². The van der Waals surface area contributed by atoms with Crippen LogP contribution < -0.4 is 0 Å². The van der Waals surface area contributed by atoms with Crippen LogP contribution in [0.15, 0.2) is 6.20 Å². The van der Waals surface area contributed by atoms with Gasteiger partial charge < -0.3 is 9.64 Å². The number of esters is 1. The van der Waals surface area contributed by atoms with Gasteiger partial charge in [0.2, 0.25) is 0 Å². The van der Waals surface area contributed by atoms with E-state index in [4.69, 9.17) is 39.5 Å². The molecule has 3 atom stereocenters. The van der Waals surface area contributed by atoms with Crippen molar-refractivity contribution in [2.45, 2.75) is 58.2 Å².